The molecule has 1 aromatic carbocycles. The maximum Gasteiger partial charge on any atom is 0.245 e. The molecule has 8 nitrogen and oxygen atoms in total. The zero-order valence-corrected chi connectivity index (χ0v) is 20.7. The lowest BCUT2D eigenvalue weighted by molar-refractivity contribution is -0.115. The summed E-state index contributed by atoms with van der Waals surface area (Å²) in [5.74, 6) is 0.587. The zero-order valence-electron chi connectivity index (χ0n) is 20.7. The summed E-state index contributed by atoms with van der Waals surface area (Å²) in [5.41, 5.74) is 4.56. The number of aryl methyl sites for hydroxylation is 1. The van der Waals surface area contributed by atoms with Crippen LogP contribution in [0.15, 0.2) is 66.0 Å². The smallest absolute Gasteiger partial charge is 0.245 e. The molecule has 0 saturated carbocycles. The maximum atomic E-state index is 13.2. The summed E-state index contributed by atoms with van der Waals surface area (Å²) in [7, 11) is 0. The lowest BCUT2D eigenvalue weighted by Crippen LogP contribution is -2.39. The summed E-state index contributed by atoms with van der Waals surface area (Å²) < 4.78 is 21.2. The van der Waals surface area contributed by atoms with Crippen molar-refractivity contribution < 1.29 is 13.9 Å². The van der Waals surface area contributed by atoms with Crippen molar-refractivity contribution >= 4 is 17.5 Å². The van der Waals surface area contributed by atoms with Crippen LogP contribution in [0.4, 0.5) is 16.0 Å². The molecule has 188 valence electrons. The van der Waals surface area contributed by atoms with E-state index < -0.39 is 5.82 Å². The Bertz CT molecular complexity index is 1240. The van der Waals surface area contributed by atoms with Gasteiger partial charge in [0.2, 0.25) is 5.91 Å². The minimum atomic E-state index is -0.442. The summed E-state index contributed by atoms with van der Waals surface area (Å²) in [4.78, 5) is 21.3. The van der Waals surface area contributed by atoms with Gasteiger partial charge in [0.1, 0.15) is 24.0 Å². The van der Waals surface area contributed by atoms with Gasteiger partial charge in [0, 0.05) is 30.9 Å². The Kier molecular flexibility index (Phi) is 7.11. The number of halogens is 1. The van der Waals surface area contributed by atoms with Crippen molar-refractivity contribution in [2.75, 3.05) is 36.5 Å². The molecule has 9 heteroatoms. The minimum Gasteiger partial charge on any atom is -0.375 e. The molecule has 1 amide bonds. The number of fused-ring (bicyclic) bond motifs is 1. The lowest BCUT2D eigenvalue weighted by Gasteiger charge is -2.31. The normalized spacial score (nSPS) is 16.1. The Labute approximate surface area is 210 Å². The van der Waals surface area contributed by atoms with E-state index in [0.717, 1.165) is 55.0 Å². The van der Waals surface area contributed by atoms with Gasteiger partial charge in [-0.15, -0.1) is 0 Å². The van der Waals surface area contributed by atoms with E-state index >= 15 is 0 Å². The molecule has 0 fully saturated rings. The predicted molar refractivity (Wildman–Crippen MR) is 136 cm³/mol. The molecule has 0 spiro atoms. The number of ether oxygens (including phenoxy) is 1. The number of nitrogens with zero attached hydrogens (tertiary/aromatic N) is 5. The van der Waals surface area contributed by atoms with Crippen LogP contribution < -0.4 is 10.2 Å². The third-order valence-corrected chi connectivity index (χ3v) is 6.66. The third kappa shape index (κ3) is 5.32. The summed E-state index contributed by atoms with van der Waals surface area (Å²) >= 11 is 0. The Hall–Kier alpha value is -3.56. The first kappa shape index (κ1) is 24.1. The van der Waals surface area contributed by atoms with E-state index in [4.69, 9.17) is 9.84 Å². The zero-order chi connectivity index (χ0) is 25.1. The average molecular weight is 491 g/mol. The Morgan fingerprint density at radius 2 is 2.00 bits per heavy atom. The molecule has 3 aromatic rings. The lowest BCUT2D eigenvalue weighted by atomic mass is 10.1. The number of nitrogens with one attached hydrogen (secondary N) is 1. The van der Waals surface area contributed by atoms with Crippen molar-refractivity contribution in [3.8, 4) is 0 Å². The highest BCUT2D eigenvalue weighted by Crippen LogP contribution is 2.34. The Morgan fingerprint density at radius 1 is 1.17 bits per heavy atom. The van der Waals surface area contributed by atoms with E-state index in [0.29, 0.717) is 19.0 Å². The Morgan fingerprint density at radius 3 is 2.75 bits per heavy atom. The quantitative estimate of drug-likeness (QED) is 0.494. The van der Waals surface area contributed by atoms with Crippen LogP contribution >= 0.6 is 0 Å². The summed E-state index contributed by atoms with van der Waals surface area (Å²) in [6.45, 7) is 7.85. The van der Waals surface area contributed by atoms with Gasteiger partial charge in [0.05, 0.1) is 31.6 Å². The number of carbonyl (C=O) groups is 1. The molecule has 1 N–H and O–H groups in total. The highest BCUT2D eigenvalue weighted by atomic mass is 19.1. The van der Waals surface area contributed by atoms with Crippen molar-refractivity contribution in [1.29, 1.82) is 0 Å². The number of anilines is 2. The van der Waals surface area contributed by atoms with Crippen LogP contribution in [0.2, 0.25) is 0 Å². The molecule has 0 saturated heterocycles. The molecule has 1 unspecified atom stereocenters. The van der Waals surface area contributed by atoms with Crippen molar-refractivity contribution in [2.45, 2.75) is 39.5 Å². The predicted octanol–water partition coefficient (Wildman–Crippen LogP) is 3.61. The molecular formula is C27H31FN6O2. The molecule has 0 radical (unpaired) electrons. The van der Waals surface area contributed by atoms with E-state index in [2.05, 4.69) is 52.1 Å². The van der Waals surface area contributed by atoms with Crippen LogP contribution in [-0.4, -0.2) is 57.9 Å². The van der Waals surface area contributed by atoms with Gasteiger partial charge in [0.25, 0.3) is 0 Å². The van der Waals surface area contributed by atoms with Gasteiger partial charge in [-0.3, -0.25) is 9.69 Å². The van der Waals surface area contributed by atoms with Crippen LogP contribution in [-0.2, 0) is 29.1 Å². The van der Waals surface area contributed by atoms with Gasteiger partial charge in [0.15, 0.2) is 0 Å². The van der Waals surface area contributed by atoms with Crippen molar-refractivity contribution in [2.24, 2.45) is 0 Å². The van der Waals surface area contributed by atoms with Gasteiger partial charge >= 0.3 is 0 Å². The monoisotopic (exact) mass is 490 g/mol. The summed E-state index contributed by atoms with van der Waals surface area (Å²) in [5, 5.41) is 7.53. The Balaban J connectivity index is 1.26. The van der Waals surface area contributed by atoms with Gasteiger partial charge in [-0.25, -0.2) is 14.1 Å². The van der Waals surface area contributed by atoms with Crippen molar-refractivity contribution in [1.82, 2.24) is 19.7 Å². The highest BCUT2D eigenvalue weighted by molar-refractivity contribution is 5.93. The first-order valence-corrected chi connectivity index (χ1v) is 12.3. The van der Waals surface area contributed by atoms with Crippen LogP contribution in [0.3, 0.4) is 0 Å². The van der Waals surface area contributed by atoms with Gasteiger partial charge < -0.3 is 15.0 Å². The second kappa shape index (κ2) is 10.6. The topological polar surface area (TPSA) is 75.5 Å². The van der Waals surface area contributed by atoms with Crippen molar-refractivity contribution in [3.05, 3.63) is 83.1 Å². The van der Waals surface area contributed by atoms with E-state index in [1.165, 1.54) is 17.7 Å². The van der Waals surface area contributed by atoms with Gasteiger partial charge in [-0.1, -0.05) is 37.3 Å². The van der Waals surface area contributed by atoms with Crippen LogP contribution in [0.1, 0.15) is 25.1 Å². The van der Waals surface area contributed by atoms with Crippen LogP contribution in [0.5, 0.6) is 0 Å². The van der Waals surface area contributed by atoms with Gasteiger partial charge in [-0.2, -0.15) is 5.10 Å². The average Bonchev–Trinajstić information content (AvgIpc) is 3.50. The number of hydrogen-bond acceptors (Lipinski definition) is 6. The molecule has 36 heavy (non-hydrogen) atoms. The summed E-state index contributed by atoms with van der Waals surface area (Å²) in [6, 6.07) is 15.2. The number of pyridine rings is 1. The van der Waals surface area contributed by atoms with Crippen LogP contribution in [0, 0.1) is 5.82 Å². The van der Waals surface area contributed by atoms with E-state index in [1.807, 2.05) is 22.9 Å². The molecule has 1 atom stereocenters. The number of amides is 1. The number of rotatable bonds is 9. The number of benzene rings is 1. The van der Waals surface area contributed by atoms with E-state index in [-0.39, 0.29) is 18.5 Å². The third-order valence-electron chi connectivity index (χ3n) is 6.66. The van der Waals surface area contributed by atoms with E-state index in [1.54, 1.807) is 0 Å². The van der Waals surface area contributed by atoms with E-state index in [9.17, 15) is 9.18 Å². The molecule has 2 aliphatic heterocycles. The second-order valence-corrected chi connectivity index (χ2v) is 9.31. The second-order valence-electron chi connectivity index (χ2n) is 9.31. The molecule has 0 aliphatic carbocycles. The van der Waals surface area contributed by atoms with Crippen molar-refractivity contribution in [3.63, 3.8) is 0 Å². The molecule has 2 aliphatic rings. The largest absolute Gasteiger partial charge is 0.375 e. The fraction of sp³-hybridized carbons (Fsp3) is 0.370. The number of carbonyl (C=O) groups excluding carboxylic acids is 1. The number of hydrogen-bond donors (Lipinski definition) is 1. The standard InChI is InChI=1S/C27H31FN6O2/c1-3-23-11-27-33(16-26(35)30-25-10-9-22(28)12-29-25)24-15-32(13-21(24)14-34(27)31-23)19(2)17-36-18-20-7-5-4-6-8-20/h4-12,19H,3,13-18H2,1-2H3,(H,29,30,35). The molecule has 4 heterocycles. The number of aromatic nitrogens is 3. The molecule has 5 rings (SSSR count). The summed E-state index contributed by atoms with van der Waals surface area (Å²) in [6.07, 6.45) is 1.92. The van der Waals surface area contributed by atoms with Crippen LogP contribution in [0.25, 0.3) is 0 Å². The fourth-order valence-electron chi connectivity index (χ4n) is 4.69. The molecular weight excluding hydrogens is 459 g/mol. The SMILES string of the molecule is CCc1cc2n(n1)CC1=C(CN(C(C)COCc3ccccc3)C1)N2CC(=O)Nc1ccc(F)cn1. The maximum absolute atomic E-state index is 13.2. The first-order chi connectivity index (χ1) is 17.5. The van der Waals surface area contributed by atoms with Gasteiger partial charge in [-0.05, 0) is 36.6 Å². The first-order valence-electron chi connectivity index (χ1n) is 12.3. The molecule has 0 bridgehead atoms. The minimum absolute atomic E-state index is 0.124. The molecule has 2 aromatic heterocycles. The highest BCUT2D eigenvalue weighted by Gasteiger charge is 2.35. The fourth-order valence-corrected chi connectivity index (χ4v) is 4.69.